The van der Waals surface area contributed by atoms with Crippen LogP contribution >= 0.6 is 0 Å². The van der Waals surface area contributed by atoms with E-state index >= 15 is 0 Å². The van der Waals surface area contributed by atoms with E-state index in [1.165, 1.54) is 24.4 Å². The van der Waals surface area contributed by atoms with E-state index in [9.17, 15) is 13.2 Å². The molecule has 19 heavy (non-hydrogen) atoms. The maximum absolute atomic E-state index is 12.9. The minimum atomic E-state index is -4.46. The van der Waals surface area contributed by atoms with E-state index in [1.807, 2.05) is 0 Å². The Morgan fingerprint density at radius 3 is 2.63 bits per heavy atom. The number of rotatable bonds is 3. The molecule has 1 unspecified atom stereocenters. The Kier molecular flexibility index (Phi) is 3.61. The maximum Gasteiger partial charge on any atom is 0.417 e. The van der Waals surface area contributed by atoms with Gasteiger partial charge in [0.25, 0.3) is 0 Å². The molecule has 1 N–H and O–H groups in total. The average molecular weight is 271 g/mol. The zero-order valence-electron chi connectivity index (χ0n) is 10.1. The fourth-order valence-corrected chi connectivity index (χ4v) is 1.65. The Morgan fingerprint density at radius 2 is 2.00 bits per heavy atom. The molecule has 2 rings (SSSR count). The molecule has 1 atom stereocenters. The van der Waals surface area contributed by atoms with Gasteiger partial charge in [-0.15, -0.1) is 0 Å². The minimum Gasteiger partial charge on any atom is -0.441 e. The number of aliphatic hydroxyl groups excluding tert-OH is 1. The summed E-state index contributed by atoms with van der Waals surface area (Å²) in [5.74, 6) is -0.0444. The molecule has 0 aliphatic rings. The van der Waals surface area contributed by atoms with Crippen LogP contribution in [0.2, 0.25) is 0 Å². The molecule has 0 fully saturated rings. The summed E-state index contributed by atoms with van der Waals surface area (Å²) in [6.07, 6.45) is -3.13. The molecule has 1 aromatic carbocycles. The van der Waals surface area contributed by atoms with Crippen LogP contribution in [0.25, 0.3) is 11.5 Å². The van der Waals surface area contributed by atoms with Crippen molar-refractivity contribution in [3.05, 3.63) is 41.8 Å². The molecule has 0 amide bonds. The lowest BCUT2D eigenvalue weighted by Gasteiger charge is -2.10. The van der Waals surface area contributed by atoms with Crippen LogP contribution in [0.15, 0.2) is 34.9 Å². The van der Waals surface area contributed by atoms with Gasteiger partial charge in [-0.25, -0.2) is 4.98 Å². The van der Waals surface area contributed by atoms with E-state index in [2.05, 4.69) is 4.98 Å². The highest BCUT2D eigenvalue weighted by atomic mass is 19.4. The minimum absolute atomic E-state index is 0.0942. The van der Waals surface area contributed by atoms with Crippen molar-refractivity contribution in [3.63, 3.8) is 0 Å². The van der Waals surface area contributed by atoms with Crippen molar-refractivity contribution in [2.24, 2.45) is 0 Å². The van der Waals surface area contributed by atoms with Gasteiger partial charge in [0, 0.05) is 11.5 Å². The van der Waals surface area contributed by atoms with Crippen molar-refractivity contribution in [2.45, 2.75) is 19.0 Å². The third kappa shape index (κ3) is 2.78. The highest BCUT2D eigenvalue weighted by molar-refractivity contribution is 5.59. The lowest BCUT2D eigenvalue weighted by atomic mass is 10.1. The number of halogens is 3. The quantitative estimate of drug-likeness (QED) is 0.929. The van der Waals surface area contributed by atoms with Crippen molar-refractivity contribution < 1.29 is 22.7 Å². The number of alkyl halides is 3. The molecule has 0 spiro atoms. The summed E-state index contributed by atoms with van der Waals surface area (Å²) in [7, 11) is 0. The molecule has 0 saturated carbocycles. The second-order valence-electron chi connectivity index (χ2n) is 4.19. The van der Waals surface area contributed by atoms with E-state index in [0.29, 0.717) is 5.76 Å². The fraction of sp³-hybridized carbons (Fsp3) is 0.308. The smallest absolute Gasteiger partial charge is 0.417 e. The Hall–Kier alpha value is -1.82. The molecule has 3 nitrogen and oxygen atoms in total. The first-order valence-electron chi connectivity index (χ1n) is 5.66. The summed E-state index contributed by atoms with van der Waals surface area (Å²) in [4.78, 5) is 3.85. The van der Waals surface area contributed by atoms with Crippen LogP contribution in [-0.4, -0.2) is 16.7 Å². The molecule has 0 bridgehead atoms. The Bertz CT molecular complexity index is 563. The summed E-state index contributed by atoms with van der Waals surface area (Å²) >= 11 is 0. The summed E-state index contributed by atoms with van der Waals surface area (Å²) in [5.41, 5.74) is -0.897. The molecule has 0 radical (unpaired) electrons. The number of aliphatic hydroxyl groups is 1. The summed E-state index contributed by atoms with van der Waals surface area (Å²) in [6, 6.07) is 5.09. The Labute approximate surface area is 107 Å². The lowest BCUT2D eigenvalue weighted by molar-refractivity contribution is -0.137. The molecule has 0 saturated heterocycles. The van der Waals surface area contributed by atoms with Crippen molar-refractivity contribution >= 4 is 0 Å². The highest BCUT2D eigenvalue weighted by Crippen LogP contribution is 2.37. The van der Waals surface area contributed by atoms with Crippen LogP contribution < -0.4 is 0 Å². The zero-order valence-corrected chi connectivity index (χ0v) is 10.1. The first kappa shape index (κ1) is 13.6. The predicted octanol–water partition coefficient (Wildman–Crippen LogP) is 3.46. The molecule has 102 valence electrons. The van der Waals surface area contributed by atoms with E-state index in [1.54, 1.807) is 6.92 Å². The first-order valence-corrected chi connectivity index (χ1v) is 5.66. The van der Waals surface area contributed by atoms with Crippen molar-refractivity contribution in [2.75, 3.05) is 6.61 Å². The van der Waals surface area contributed by atoms with E-state index in [4.69, 9.17) is 9.52 Å². The maximum atomic E-state index is 12.9. The van der Waals surface area contributed by atoms with Gasteiger partial charge in [0.1, 0.15) is 5.76 Å². The van der Waals surface area contributed by atoms with Crippen LogP contribution in [0.4, 0.5) is 13.2 Å². The van der Waals surface area contributed by atoms with Gasteiger partial charge in [-0.2, -0.15) is 13.2 Å². The molecule has 0 aliphatic carbocycles. The SMILES string of the molecule is CC(CO)c1cnc(-c2ccccc2C(F)(F)F)o1. The normalized spacial score (nSPS) is 13.5. The van der Waals surface area contributed by atoms with Crippen LogP contribution in [-0.2, 0) is 6.18 Å². The van der Waals surface area contributed by atoms with E-state index in [-0.39, 0.29) is 24.0 Å². The first-order chi connectivity index (χ1) is 8.93. The van der Waals surface area contributed by atoms with Crippen LogP contribution in [0.1, 0.15) is 24.2 Å². The number of aromatic nitrogens is 1. The third-order valence-electron chi connectivity index (χ3n) is 2.75. The van der Waals surface area contributed by atoms with Gasteiger partial charge in [0.05, 0.1) is 18.4 Å². The number of hydrogen-bond donors (Lipinski definition) is 1. The average Bonchev–Trinajstić information content (AvgIpc) is 2.86. The monoisotopic (exact) mass is 271 g/mol. The Morgan fingerprint density at radius 1 is 1.32 bits per heavy atom. The summed E-state index contributed by atoms with van der Waals surface area (Å²) < 4.78 is 43.9. The molecular formula is C13H12F3NO2. The van der Waals surface area contributed by atoms with E-state index in [0.717, 1.165) is 6.07 Å². The van der Waals surface area contributed by atoms with Gasteiger partial charge in [-0.05, 0) is 12.1 Å². The second kappa shape index (κ2) is 5.05. The van der Waals surface area contributed by atoms with Gasteiger partial charge >= 0.3 is 6.18 Å². The fourth-order valence-electron chi connectivity index (χ4n) is 1.65. The number of oxazole rings is 1. The van der Waals surface area contributed by atoms with E-state index < -0.39 is 11.7 Å². The van der Waals surface area contributed by atoms with Crippen molar-refractivity contribution in [1.29, 1.82) is 0 Å². The molecular weight excluding hydrogens is 259 g/mol. The number of nitrogens with zero attached hydrogens (tertiary/aromatic N) is 1. The molecule has 0 aliphatic heterocycles. The summed E-state index contributed by atoms with van der Waals surface area (Å²) in [5, 5.41) is 8.98. The molecule has 2 aromatic rings. The van der Waals surface area contributed by atoms with Crippen LogP contribution in [0.5, 0.6) is 0 Å². The van der Waals surface area contributed by atoms with Gasteiger partial charge in [-0.3, -0.25) is 0 Å². The summed E-state index contributed by atoms with van der Waals surface area (Å²) in [6.45, 7) is 1.54. The van der Waals surface area contributed by atoms with Gasteiger partial charge in [-0.1, -0.05) is 19.1 Å². The molecule has 1 aromatic heterocycles. The molecule has 6 heteroatoms. The van der Waals surface area contributed by atoms with Crippen molar-refractivity contribution in [3.8, 4) is 11.5 Å². The number of benzene rings is 1. The predicted molar refractivity (Wildman–Crippen MR) is 62.4 cm³/mol. The van der Waals surface area contributed by atoms with Crippen LogP contribution in [0.3, 0.4) is 0 Å². The lowest BCUT2D eigenvalue weighted by Crippen LogP contribution is -2.06. The number of hydrogen-bond acceptors (Lipinski definition) is 3. The third-order valence-corrected chi connectivity index (χ3v) is 2.75. The largest absolute Gasteiger partial charge is 0.441 e. The topological polar surface area (TPSA) is 46.3 Å². The van der Waals surface area contributed by atoms with Gasteiger partial charge in [0.2, 0.25) is 5.89 Å². The molecule has 1 heterocycles. The zero-order chi connectivity index (χ0) is 14.0. The van der Waals surface area contributed by atoms with Gasteiger partial charge in [0.15, 0.2) is 0 Å². The standard InChI is InChI=1S/C13H12F3NO2/c1-8(7-18)11-6-17-12(19-11)9-4-2-3-5-10(9)13(14,15)16/h2-6,8,18H,7H2,1H3. The Balaban J connectivity index is 2.45. The van der Waals surface area contributed by atoms with Gasteiger partial charge < -0.3 is 9.52 Å². The second-order valence-corrected chi connectivity index (χ2v) is 4.19. The highest BCUT2D eigenvalue weighted by Gasteiger charge is 2.34. The van der Waals surface area contributed by atoms with Crippen LogP contribution in [0, 0.1) is 0 Å². The van der Waals surface area contributed by atoms with Crippen molar-refractivity contribution in [1.82, 2.24) is 4.98 Å².